The first-order chi connectivity index (χ1) is 12.2. The molecule has 0 radical (unpaired) electrons. The van der Waals surface area contributed by atoms with E-state index >= 15 is 0 Å². The lowest BCUT2D eigenvalue weighted by Crippen LogP contribution is -2.43. The third-order valence-electron chi connectivity index (χ3n) is 4.51. The van der Waals surface area contributed by atoms with Crippen LogP contribution in [-0.2, 0) is 10.3 Å². The molecule has 4 rings (SSSR count). The number of amides is 1. The Bertz CT molecular complexity index is 880. The van der Waals surface area contributed by atoms with Crippen LogP contribution in [0, 0.1) is 0 Å². The molecule has 8 nitrogen and oxygen atoms in total. The minimum absolute atomic E-state index is 0.0820. The van der Waals surface area contributed by atoms with Crippen molar-refractivity contribution in [3.8, 4) is 17.1 Å². The lowest BCUT2D eigenvalue weighted by atomic mass is 9.96. The zero-order valence-electron chi connectivity index (χ0n) is 13.8. The van der Waals surface area contributed by atoms with Gasteiger partial charge in [-0.25, -0.2) is 4.68 Å². The highest BCUT2D eigenvalue weighted by Crippen LogP contribution is 2.38. The van der Waals surface area contributed by atoms with Gasteiger partial charge < -0.3 is 9.84 Å². The van der Waals surface area contributed by atoms with Gasteiger partial charge in [-0.2, -0.15) is 4.98 Å². The van der Waals surface area contributed by atoms with Gasteiger partial charge in [-0.05, 0) is 31.0 Å². The van der Waals surface area contributed by atoms with Gasteiger partial charge in [-0.3, -0.25) is 4.79 Å². The molecule has 2 heterocycles. The smallest absolute Gasteiger partial charge is 0.258 e. The Hall–Kier alpha value is -3.03. The minimum Gasteiger partial charge on any atom is -0.343 e. The highest BCUT2D eigenvalue weighted by molar-refractivity contribution is 5.74. The molecular formula is C17H18N6O2. The van der Waals surface area contributed by atoms with E-state index in [1.165, 1.54) is 6.92 Å². The third-order valence-corrected chi connectivity index (χ3v) is 4.51. The van der Waals surface area contributed by atoms with E-state index in [0.717, 1.165) is 36.9 Å². The number of benzene rings is 1. The van der Waals surface area contributed by atoms with Gasteiger partial charge in [-0.1, -0.05) is 29.3 Å². The van der Waals surface area contributed by atoms with Crippen LogP contribution >= 0.6 is 0 Å². The number of hydrogen-bond acceptors (Lipinski definition) is 6. The number of nitrogens with zero attached hydrogens (tertiary/aromatic N) is 5. The molecule has 1 saturated carbocycles. The second kappa shape index (κ2) is 6.12. The quantitative estimate of drug-likeness (QED) is 0.783. The number of nitrogens with one attached hydrogen (secondary N) is 1. The summed E-state index contributed by atoms with van der Waals surface area (Å²) in [6.45, 7) is 1.52. The van der Waals surface area contributed by atoms with E-state index in [9.17, 15) is 4.79 Å². The fraction of sp³-hybridized carbons (Fsp3) is 0.353. The monoisotopic (exact) mass is 338 g/mol. The Morgan fingerprint density at radius 3 is 2.88 bits per heavy atom. The Kier molecular flexibility index (Phi) is 3.79. The zero-order valence-corrected chi connectivity index (χ0v) is 13.8. The van der Waals surface area contributed by atoms with E-state index in [1.54, 1.807) is 17.1 Å². The molecule has 1 N–H and O–H groups in total. The Morgan fingerprint density at radius 1 is 1.32 bits per heavy atom. The summed E-state index contributed by atoms with van der Waals surface area (Å²) in [6, 6.07) is 7.63. The number of hydrogen-bond donors (Lipinski definition) is 1. The molecule has 0 atom stereocenters. The lowest BCUT2D eigenvalue weighted by molar-refractivity contribution is -0.121. The van der Waals surface area contributed by atoms with Crippen LogP contribution in [0.2, 0.25) is 0 Å². The average Bonchev–Trinajstić information content (AvgIpc) is 3.36. The zero-order chi connectivity index (χ0) is 17.3. The molecule has 1 aliphatic rings. The normalized spacial score (nSPS) is 16.0. The maximum Gasteiger partial charge on any atom is 0.258 e. The van der Waals surface area contributed by atoms with Crippen molar-refractivity contribution in [3.63, 3.8) is 0 Å². The summed E-state index contributed by atoms with van der Waals surface area (Å²) < 4.78 is 7.15. The van der Waals surface area contributed by atoms with Gasteiger partial charge in [0.25, 0.3) is 5.89 Å². The lowest BCUT2D eigenvalue weighted by Gasteiger charge is -2.25. The molecule has 8 heteroatoms. The summed E-state index contributed by atoms with van der Waals surface area (Å²) in [5.74, 6) is 0.886. The van der Waals surface area contributed by atoms with Gasteiger partial charge >= 0.3 is 0 Å². The maximum absolute atomic E-state index is 11.6. The van der Waals surface area contributed by atoms with Crippen LogP contribution in [0.3, 0.4) is 0 Å². The summed E-state index contributed by atoms with van der Waals surface area (Å²) in [5, 5.41) is 15.0. The molecule has 0 spiro atoms. The van der Waals surface area contributed by atoms with Crippen LogP contribution < -0.4 is 5.32 Å². The molecule has 25 heavy (non-hydrogen) atoms. The van der Waals surface area contributed by atoms with Crippen molar-refractivity contribution in [1.82, 2.24) is 30.5 Å². The number of rotatable bonds is 4. The number of aromatic nitrogens is 5. The summed E-state index contributed by atoms with van der Waals surface area (Å²) in [5.41, 5.74) is 1.13. The molecule has 1 amide bonds. The van der Waals surface area contributed by atoms with Gasteiger partial charge in [0.2, 0.25) is 5.91 Å². The standard InChI is InChI=1S/C17H18N6O2/c1-12(24)20-17(7-2-3-8-17)16-19-15(25-21-16)13-5-4-6-14(11-13)23-10-9-18-22-23/h4-6,9-11H,2-3,7-8H2,1H3,(H,20,24). The Balaban J connectivity index is 1.67. The SMILES string of the molecule is CC(=O)NC1(c2noc(-c3cccc(-n4ccnn4)c3)n2)CCCC1. The molecule has 3 aromatic rings. The molecule has 1 aliphatic carbocycles. The van der Waals surface area contributed by atoms with E-state index in [-0.39, 0.29) is 5.91 Å². The average molecular weight is 338 g/mol. The number of carbonyl (C=O) groups excluding carboxylic acids is 1. The van der Waals surface area contributed by atoms with E-state index in [1.807, 2.05) is 24.3 Å². The molecule has 128 valence electrons. The van der Waals surface area contributed by atoms with Crippen molar-refractivity contribution in [2.75, 3.05) is 0 Å². The first kappa shape index (κ1) is 15.5. The largest absolute Gasteiger partial charge is 0.343 e. The Morgan fingerprint density at radius 2 is 2.16 bits per heavy atom. The van der Waals surface area contributed by atoms with Gasteiger partial charge in [0, 0.05) is 12.5 Å². The van der Waals surface area contributed by atoms with Crippen molar-refractivity contribution in [3.05, 3.63) is 42.5 Å². The molecule has 0 unspecified atom stereocenters. The summed E-state index contributed by atoms with van der Waals surface area (Å²) in [4.78, 5) is 16.2. The van der Waals surface area contributed by atoms with E-state index < -0.39 is 5.54 Å². The third kappa shape index (κ3) is 2.90. The fourth-order valence-electron chi connectivity index (χ4n) is 3.38. The van der Waals surface area contributed by atoms with Gasteiger partial charge in [0.1, 0.15) is 5.54 Å². The highest BCUT2D eigenvalue weighted by atomic mass is 16.5. The fourth-order valence-corrected chi connectivity index (χ4v) is 3.38. The van der Waals surface area contributed by atoms with Gasteiger partial charge in [0.15, 0.2) is 5.82 Å². The van der Waals surface area contributed by atoms with Crippen LogP contribution in [0.5, 0.6) is 0 Å². The molecule has 0 saturated heterocycles. The van der Waals surface area contributed by atoms with Gasteiger partial charge in [-0.15, -0.1) is 5.10 Å². The highest BCUT2D eigenvalue weighted by Gasteiger charge is 2.40. The van der Waals surface area contributed by atoms with E-state index in [2.05, 4.69) is 25.8 Å². The van der Waals surface area contributed by atoms with Crippen LogP contribution in [0.25, 0.3) is 17.1 Å². The number of carbonyl (C=O) groups is 1. The van der Waals surface area contributed by atoms with Crippen molar-refractivity contribution in [2.24, 2.45) is 0 Å². The minimum atomic E-state index is -0.517. The Labute approximate surface area is 144 Å². The van der Waals surface area contributed by atoms with Crippen molar-refractivity contribution < 1.29 is 9.32 Å². The first-order valence-electron chi connectivity index (χ1n) is 8.26. The summed E-state index contributed by atoms with van der Waals surface area (Å²) >= 11 is 0. The van der Waals surface area contributed by atoms with Gasteiger partial charge in [0.05, 0.1) is 18.1 Å². The van der Waals surface area contributed by atoms with Crippen molar-refractivity contribution in [2.45, 2.75) is 38.1 Å². The summed E-state index contributed by atoms with van der Waals surface area (Å²) in [6.07, 6.45) is 7.10. The molecule has 0 bridgehead atoms. The van der Waals surface area contributed by atoms with E-state index in [4.69, 9.17) is 4.52 Å². The summed E-state index contributed by atoms with van der Waals surface area (Å²) in [7, 11) is 0. The topological polar surface area (TPSA) is 98.7 Å². The van der Waals surface area contributed by atoms with Crippen molar-refractivity contribution >= 4 is 5.91 Å². The van der Waals surface area contributed by atoms with Crippen molar-refractivity contribution in [1.29, 1.82) is 0 Å². The van der Waals surface area contributed by atoms with Crippen LogP contribution in [0.4, 0.5) is 0 Å². The molecule has 1 aromatic carbocycles. The molecule has 0 aliphatic heterocycles. The second-order valence-electron chi connectivity index (χ2n) is 6.29. The molecular weight excluding hydrogens is 320 g/mol. The first-order valence-corrected chi connectivity index (χ1v) is 8.26. The maximum atomic E-state index is 11.6. The molecule has 1 fully saturated rings. The van der Waals surface area contributed by atoms with Crippen LogP contribution in [0.15, 0.2) is 41.2 Å². The van der Waals surface area contributed by atoms with Crippen LogP contribution in [0.1, 0.15) is 38.4 Å². The molecule has 2 aromatic heterocycles. The van der Waals surface area contributed by atoms with Crippen LogP contribution in [-0.4, -0.2) is 31.0 Å². The predicted molar refractivity (Wildman–Crippen MR) is 88.6 cm³/mol. The predicted octanol–water partition coefficient (Wildman–Crippen LogP) is 2.22. The van der Waals surface area contributed by atoms with E-state index in [0.29, 0.717) is 11.7 Å². The second-order valence-corrected chi connectivity index (χ2v) is 6.29.